The van der Waals surface area contributed by atoms with Crippen LogP contribution in [0.2, 0.25) is 0 Å². The van der Waals surface area contributed by atoms with E-state index in [0.29, 0.717) is 37.3 Å². The van der Waals surface area contributed by atoms with Crippen molar-refractivity contribution in [1.82, 2.24) is 14.9 Å². The number of rotatable bonds is 7. The molecular formula is C21H28N4O4. The Labute approximate surface area is 170 Å². The average molecular weight is 400 g/mol. The van der Waals surface area contributed by atoms with Gasteiger partial charge in [0.05, 0.1) is 24.1 Å². The highest BCUT2D eigenvalue weighted by molar-refractivity contribution is 6.00. The molecule has 2 aromatic heterocycles. The predicted octanol–water partition coefficient (Wildman–Crippen LogP) is 2.93. The van der Waals surface area contributed by atoms with Gasteiger partial charge in [-0.1, -0.05) is 19.1 Å². The third-order valence-electron chi connectivity index (χ3n) is 4.40. The minimum atomic E-state index is -0.519. The van der Waals surface area contributed by atoms with Crippen molar-refractivity contribution >= 4 is 28.0 Å². The van der Waals surface area contributed by atoms with Crippen LogP contribution in [0.5, 0.6) is 0 Å². The Balaban J connectivity index is 1.65. The smallest absolute Gasteiger partial charge is 0.407 e. The zero-order valence-corrected chi connectivity index (χ0v) is 17.4. The summed E-state index contributed by atoms with van der Waals surface area (Å²) in [7, 11) is 0. The van der Waals surface area contributed by atoms with Crippen LogP contribution in [0.3, 0.4) is 0 Å². The second kappa shape index (κ2) is 8.65. The fraction of sp³-hybridized carbons (Fsp3) is 0.476. The van der Waals surface area contributed by atoms with Crippen molar-refractivity contribution in [2.75, 3.05) is 19.8 Å². The summed E-state index contributed by atoms with van der Waals surface area (Å²) in [5.74, 6) is 0.909. The molecule has 0 radical (unpaired) electrons. The molecule has 1 aromatic carbocycles. The lowest BCUT2D eigenvalue weighted by Crippen LogP contribution is -2.34. The molecule has 0 unspecified atom stereocenters. The molecule has 8 nitrogen and oxygen atoms in total. The molecule has 8 heteroatoms. The summed E-state index contributed by atoms with van der Waals surface area (Å²) in [5, 5.41) is 15.8. The topological polar surface area (TPSA) is 92.3 Å². The Morgan fingerprint density at radius 1 is 1.28 bits per heavy atom. The Kier molecular flexibility index (Phi) is 6.22. The van der Waals surface area contributed by atoms with Crippen molar-refractivity contribution in [2.45, 2.75) is 46.3 Å². The third-order valence-corrected chi connectivity index (χ3v) is 4.40. The highest BCUT2D eigenvalue weighted by atomic mass is 16.6. The van der Waals surface area contributed by atoms with Crippen LogP contribution in [-0.4, -0.2) is 41.0 Å². The van der Waals surface area contributed by atoms with Gasteiger partial charge in [-0.2, -0.15) is 4.73 Å². The molecule has 1 amide bonds. The number of benzene rings is 1. The molecule has 0 saturated heterocycles. The number of ether oxygens (including phenoxy) is 2. The molecule has 156 valence electrons. The van der Waals surface area contributed by atoms with E-state index in [0.717, 1.165) is 27.9 Å². The minimum absolute atomic E-state index is 0.374. The summed E-state index contributed by atoms with van der Waals surface area (Å²) in [4.78, 5) is 16.3. The molecule has 0 bridgehead atoms. The van der Waals surface area contributed by atoms with Crippen LogP contribution in [0.15, 0.2) is 30.5 Å². The number of hydrogen-bond acceptors (Lipinski definition) is 5. The SMILES string of the molecule is CCc1nc2c[n+]([O-])c3ccccc3c2n1CCOCCNC(=O)OC(C)(C)C. The number of imidazole rings is 1. The molecule has 0 aliphatic rings. The molecule has 0 atom stereocenters. The van der Waals surface area contributed by atoms with Gasteiger partial charge in [0, 0.05) is 25.6 Å². The van der Waals surface area contributed by atoms with Crippen molar-refractivity contribution in [2.24, 2.45) is 0 Å². The van der Waals surface area contributed by atoms with Gasteiger partial charge in [0.15, 0.2) is 5.52 Å². The van der Waals surface area contributed by atoms with Crippen LogP contribution in [-0.2, 0) is 22.4 Å². The number of pyridine rings is 1. The summed E-state index contributed by atoms with van der Waals surface area (Å²) >= 11 is 0. The fourth-order valence-corrected chi connectivity index (χ4v) is 3.25. The number of fused-ring (bicyclic) bond motifs is 3. The molecule has 1 N–H and O–H groups in total. The molecule has 29 heavy (non-hydrogen) atoms. The molecule has 3 aromatic rings. The maximum atomic E-state index is 12.3. The number of hydrogen-bond donors (Lipinski definition) is 1. The zero-order valence-electron chi connectivity index (χ0n) is 17.4. The number of carbonyl (C=O) groups is 1. The second-order valence-electron chi connectivity index (χ2n) is 7.78. The monoisotopic (exact) mass is 400 g/mol. The summed E-state index contributed by atoms with van der Waals surface area (Å²) in [5.41, 5.74) is 1.73. The van der Waals surface area contributed by atoms with E-state index >= 15 is 0 Å². The van der Waals surface area contributed by atoms with Crippen molar-refractivity contribution in [3.05, 3.63) is 41.5 Å². The van der Waals surface area contributed by atoms with E-state index in [1.807, 2.05) is 52.0 Å². The van der Waals surface area contributed by atoms with Gasteiger partial charge in [-0.25, -0.2) is 9.78 Å². The van der Waals surface area contributed by atoms with Gasteiger partial charge in [-0.15, -0.1) is 0 Å². The molecule has 3 rings (SSSR count). The first kappa shape index (κ1) is 20.9. The van der Waals surface area contributed by atoms with Gasteiger partial charge in [0.25, 0.3) is 0 Å². The Morgan fingerprint density at radius 3 is 2.76 bits per heavy atom. The molecule has 0 spiro atoms. The molecule has 2 heterocycles. The highest BCUT2D eigenvalue weighted by Crippen LogP contribution is 2.24. The van der Waals surface area contributed by atoms with Crippen LogP contribution in [0.1, 0.15) is 33.5 Å². The van der Waals surface area contributed by atoms with Crippen LogP contribution < -0.4 is 10.0 Å². The van der Waals surface area contributed by atoms with Crippen LogP contribution >= 0.6 is 0 Å². The lowest BCUT2D eigenvalue weighted by molar-refractivity contribution is -0.575. The summed E-state index contributed by atoms with van der Waals surface area (Å²) in [6.07, 6.45) is 1.83. The van der Waals surface area contributed by atoms with E-state index in [-0.39, 0.29) is 0 Å². The maximum absolute atomic E-state index is 12.3. The molecule has 0 fully saturated rings. The first-order valence-electron chi connectivity index (χ1n) is 9.84. The maximum Gasteiger partial charge on any atom is 0.407 e. The number of alkyl carbamates (subject to hydrolysis) is 1. The number of para-hydroxylation sites is 1. The van der Waals surface area contributed by atoms with Gasteiger partial charge in [-0.3, -0.25) is 0 Å². The van der Waals surface area contributed by atoms with Crippen LogP contribution in [0, 0.1) is 5.21 Å². The lowest BCUT2D eigenvalue weighted by Gasteiger charge is -2.19. The average Bonchev–Trinajstić information content (AvgIpc) is 3.01. The van der Waals surface area contributed by atoms with E-state index in [1.165, 1.54) is 6.20 Å². The molecule has 0 aliphatic heterocycles. The van der Waals surface area contributed by atoms with Crippen molar-refractivity contribution in [3.63, 3.8) is 0 Å². The van der Waals surface area contributed by atoms with Crippen LogP contribution in [0.25, 0.3) is 21.9 Å². The number of aryl methyl sites for hydroxylation is 1. The van der Waals surface area contributed by atoms with Crippen LogP contribution in [0.4, 0.5) is 4.79 Å². The predicted molar refractivity (Wildman–Crippen MR) is 111 cm³/mol. The Hall–Kier alpha value is -2.87. The van der Waals surface area contributed by atoms with Crippen molar-refractivity contribution < 1.29 is 19.0 Å². The molecular weight excluding hydrogens is 372 g/mol. The number of nitrogens with one attached hydrogen (secondary N) is 1. The minimum Gasteiger partial charge on any atom is -0.618 e. The van der Waals surface area contributed by atoms with Crippen molar-refractivity contribution in [1.29, 1.82) is 0 Å². The van der Waals surface area contributed by atoms with Gasteiger partial charge >= 0.3 is 6.09 Å². The van der Waals surface area contributed by atoms with E-state index in [4.69, 9.17) is 9.47 Å². The quantitative estimate of drug-likeness (QED) is 0.374. The molecule has 0 saturated carbocycles. The first-order valence-corrected chi connectivity index (χ1v) is 9.84. The fourth-order valence-electron chi connectivity index (χ4n) is 3.25. The van der Waals surface area contributed by atoms with Crippen molar-refractivity contribution in [3.8, 4) is 0 Å². The molecule has 0 aliphatic carbocycles. The Morgan fingerprint density at radius 2 is 2.03 bits per heavy atom. The van der Waals surface area contributed by atoms with E-state index < -0.39 is 11.7 Å². The zero-order chi connectivity index (χ0) is 21.0. The van der Waals surface area contributed by atoms with Gasteiger partial charge in [0.2, 0.25) is 11.7 Å². The lowest BCUT2D eigenvalue weighted by atomic mass is 10.2. The first-order chi connectivity index (χ1) is 13.8. The van der Waals surface area contributed by atoms with Gasteiger partial charge < -0.3 is 24.6 Å². The summed E-state index contributed by atoms with van der Waals surface area (Å²) in [6, 6.07) is 7.52. The summed E-state index contributed by atoms with van der Waals surface area (Å²) in [6.45, 7) is 9.34. The highest BCUT2D eigenvalue weighted by Gasteiger charge is 2.18. The Bertz CT molecular complexity index is 1010. The van der Waals surface area contributed by atoms with E-state index in [2.05, 4.69) is 14.9 Å². The number of aromatic nitrogens is 3. The second-order valence-corrected chi connectivity index (χ2v) is 7.78. The van der Waals surface area contributed by atoms with E-state index in [1.54, 1.807) is 0 Å². The van der Waals surface area contributed by atoms with Gasteiger partial charge in [0.1, 0.15) is 11.4 Å². The third kappa shape index (κ3) is 4.95. The number of carbonyl (C=O) groups excluding carboxylic acids is 1. The normalized spacial score (nSPS) is 11.9. The summed E-state index contributed by atoms with van der Waals surface area (Å²) < 4.78 is 13.9. The largest absolute Gasteiger partial charge is 0.618 e. The van der Waals surface area contributed by atoms with E-state index in [9.17, 15) is 10.0 Å². The van der Waals surface area contributed by atoms with Gasteiger partial charge in [-0.05, 0) is 26.8 Å². The number of amides is 1. The number of nitrogens with zero attached hydrogens (tertiary/aromatic N) is 3. The standard InChI is InChI=1S/C21H28N4O4/c1-5-18-23-16-14-25(27)17-9-7-6-8-15(17)19(16)24(18)11-13-28-12-10-22-20(26)29-21(2,3)4/h6-9,14H,5,10-13H2,1-4H3,(H,22,26).